The standard InChI is InChI=1S/C29H45NO8/c1-11-28(7,8)25(34)37-21-14-13-19(16-22(21)38-26(35)29(9,10)12-2)15-20(23(31)32)30-17-18(3)36-24(33)27(4,5)6/h13-14,16,18,20,30H,11-12,15,17H2,1-10H3,(H,31,32)/t18?,20-/m0/s1. The number of hydrogen-bond donors (Lipinski definition) is 2. The highest BCUT2D eigenvalue weighted by Crippen LogP contribution is 2.34. The maximum absolute atomic E-state index is 12.8. The molecule has 0 aliphatic rings. The summed E-state index contributed by atoms with van der Waals surface area (Å²) in [5.74, 6) is -2.30. The molecule has 0 radical (unpaired) electrons. The van der Waals surface area contributed by atoms with Crippen LogP contribution >= 0.6 is 0 Å². The van der Waals surface area contributed by atoms with E-state index in [1.54, 1.807) is 61.5 Å². The topological polar surface area (TPSA) is 128 Å². The second kappa shape index (κ2) is 13.2. The van der Waals surface area contributed by atoms with Gasteiger partial charge in [-0.25, -0.2) is 0 Å². The Morgan fingerprint density at radius 1 is 0.842 bits per heavy atom. The number of ether oxygens (including phenoxy) is 3. The van der Waals surface area contributed by atoms with E-state index in [-0.39, 0.29) is 30.4 Å². The van der Waals surface area contributed by atoms with Crippen LogP contribution in [0.3, 0.4) is 0 Å². The summed E-state index contributed by atoms with van der Waals surface area (Å²) in [6.45, 7) is 17.8. The van der Waals surface area contributed by atoms with E-state index < -0.39 is 46.3 Å². The lowest BCUT2D eigenvalue weighted by Crippen LogP contribution is -2.43. The molecule has 0 heterocycles. The molecule has 1 rings (SSSR count). The molecule has 38 heavy (non-hydrogen) atoms. The third-order valence-electron chi connectivity index (χ3n) is 6.60. The van der Waals surface area contributed by atoms with Crippen molar-refractivity contribution < 1.29 is 38.5 Å². The minimum Gasteiger partial charge on any atom is -0.480 e. The molecule has 0 spiro atoms. The van der Waals surface area contributed by atoms with Crippen molar-refractivity contribution in [2.75, 3.05) is 6.54 Å². The first-order valence-electron chi connectivity index (χ1n) is 13.1. The molecule has 0 saturated carbocycles. The Bertz CT molecular complexity index is 1010. The largest absolute Gasteiger partial charge is 0.480 e. The Morgan fingerprint density at radius 3 is 1.79 bits per heavy atom. The van der Waals surface area contributed by atoms with Crippen LogP contribution in [0.4, 0.5) is 0 Å². The Hall–Kier alpha value is -2.94. The second-order valence-corrected chi connectivity index (χ2v) is 12.0. The summed E-state index contributed by atoms with van der Waals surface area (Å²) in [5.41, 5.74) is -1.63. The maximum atomic E-state index is 12.8. The number of benzene rings is 1. The molecular weight excluding hydrogens is 490 g/mol. The van der Waals surface area contributed by atoms with Crippen molar-refractivity contribution in [1.29, 1.82) is 0 Å². The minimum absolute atomic E-state index is 0.0471. The van der Waals surface area contributed by atoms with E-state index in [2.05, 4.69) is 5.32 Å². The zero-order valence-corrected chi connectivity index (χ0v) is 24.5. The molecule has 1 unspecified atom stereocenters. The molecule has 1 aromatic rings. The van der Waals surface area contributed by atoms with E-state index in [4.69, 9.17) is 14.2 Å². The molecule has 1 aromatic carbocycles. The van der Waals surface area contributed by atoms with Crippen LogP contribution in [0.5, 0.6) is 11.5 Å². The lowest BCUT2D eigenvalue weighted by Gasteiger charge is -2.24. The SMILES string of the molecule is CCC(C)(C)C(=O)Oc1ccc(C[C@H](NCC(C)OC(=O)C(C)(C)C)C(=O)O)cc1OC(=O)C(C)(C)CC. The van der Waals surface area contributed by atoms with Crippen molar-refractivity contribution in [3.8, 4) is 11.5 Å². The van der Waals surface area contributed by atoms with E-state index in [1.165, 1.54) is 12.1 Å². The van der Waals surface area contributed by atoms with Crippen LogP contribution < -0.4 is 14.8 Å². The highest BCUT2D eigenvalue weighted by atomic mass is 16.6. The normalized spacial score (nSPS) is 13.8. The monoisotopic (exact) mass is 535 g/mol. The molecule has 0 saturated heterocycles. The fraction of sp³-hybridized carbons (Fsp3) is 0.655. The van der Waals surface area contributed by atoms with Gasteiger partial charge in [-0.2, -0.15) is 0 Å². The lowest BCUT2D eigenvalue weighted by atomic mass is 9.90. The van der Waals surface area contributed by atoms with Gasteiger partial charge in [-0.15, -0.1) is 0 Å². The Morgan fingerprint density at radius 2 is 1.34 bits per heavy atom. The van der Waals surface area contributed by atoms with Gasteiger partial charge in [-0.3, -0.25) is 19.2 Å². The molecular formula is C29H45NO8. The van der Waals surface area contributed by atoms with E-state index in [0.29, 0.717) is 18.4 Å². The van der Waals surface area contributed by atoms with Crippen LogP contribution in [0.15, 0.2) is 18.2 Å². The van der Waals surface area contributed by atoms with Crippen LogP contribution in [0.25, 0.3) is 0 Å². The van der Waals surface area contributed by atoms with E-state index in [9.17, 15) is 24.3 Å². The predicted octanol–water partition coefficient (Wildman–Crippen LogP) is 4.93. The van der Waals surface area contributed by atoms with Gasteiger partial charge in [-0.05, 0) is 92.3 Å². The van der Waals surface area contributed by atoms with Crippen LogP contribution in [0.2, 0.25) is 0 Å². The Labute approximate surface area is 226 Å². The average molecular weight is 536 g/mol. The third-order valence-corrected chi connectivity index (χ3v) is 6.60. The Kier molecular flexibility index (Phi) is 11.5. The van der Waals surface area contributed by atoms with Crippen LogP contribution in [-0.2, 0) is 30.3 Å². The predicted molar refractivity (Wildman–Crippen MR) is 144 cm³/mol. The van der Waals surface area contributed by atoms with Gasteiger partial charge in [-0.1, -0.05) is 19.9 Å². The van der Waals surface area contributed by atoms with Gasteiger partial charge in [0.05, 0.1) is 16.2 Å². The number of esters is 3. The number of carbonyl (C=O) groups excluding carboxylic acids is 3. The van der Waals surface area contributed by atoms with Crippen molar-refractivity contribution in [3.05, 3.63) is 23.8 Å². The summed E-state index contributed by atoms with van der Waals surface area (Å²) in [7, 11) is 0. The number of carbonyl (C=O) groups is 4. The van der Waals surface area contributed by atoms with Crippen molar-refractivity contribution in [1.82, 2.24) is 5.32 Å². The number of nitrogens with one attached hydrogen (secondary N) is 1. The first-order valence-corrected chi connectivity index (χ1v) is 13.1. The van der Waals surface area contributed by atoms with Crippen molar-refractivity contribution in [2.45, 2.75) is 101 Å². The van der Waals surface area contributed by atoms with Crippen LogP contribution in [-0.4, -0.2) is 47.7 Å². The molecule has 214 valence electrons. The first kappa shape index (κ1) is 33.1. The minimum atomic E-state index is -1.09. The number of aliphatic carboxylic acids is 1. The first-order chi connectivity index (χ1) is 17.3. The van der Waals surface area contributed by atoms with Gasteiger partial charge in [0.1, 0.15) is 12.1 Å². The smallest absolute Gasteiger partial charge is 0.321 e. The summed E-state index contributed by atoms with van der Waals surface area (Å²) in [6, 6.07) is 3.65. The van der Waals surface area contributed by atoms with Gasteiger partial charge in [0, 0.05) is 6.54 Å². The van der Waals surface area contributed by atoms with Gasteiger partial charge in [0.2, 0.25) is 0 Å². The Balaban J connectivity index is 3.18. The summed E-state index contributed by atoms with van der Waals surface area (Å²) < 4.78 is 16.7. The average Bonchev–Trinajstić information content (AvgIpc) is 2.81. The molecule has 0 aliphatic heterocycles. The maximum Gasteiger partial charge on any atom is 0.321 e. The fourth-order valence-electron chi connectivity index (χ4n) is 2.80. The van der Waals surface area contributed by atoms with E-state index in [0.717, 1.165) is 0 Å². The van der Waals surface area contributed by atoms with Gasteiger partial charge >= 0.3 is 23.9 Å². The summed E-state index contributed by atoms with van der Waals surface area (Å²) in [4.78, 5) is 49.6. The molecule has 0 fully saturated rings. The molecule has 0 bridgehead atoms. The molecule has 2 N–H and O–H groups in total. The number of hydrogen-bond acceptors (Lipinski definition) is 8. The van der Waals surface area contributed by atoms with Crippen LogP contribution in [0, 0.1) is 16.2 Å². The summed E-state index contributed by atoms with van der Waals surface area (Å²) in [5, 5.41) is 12.7. The fourth-order valence-corrected chi connectivity index (χ4v) is 2.80. The van der Waals surface area contributed by atoms with Gasteiger partial charge < -0.3 is 24.6 Å². The second-order valence-electron chi connectivity index (χ2n) is 12.0. The summed E-state index contributed by atoms with van der Waals surface area (Å²) >= 11 is 0. The van der Waals surface area contributed by atoms with E-state index in [1.807, 2.05) is 13.8 Å². The van der Waals surface area contributed by atoms with Crippen LogP contribution in [0.1, 0.15) is 87.6 Å². The van der Waals surface area contributed by atoms with Crippen molar-refractivity contribution in [3.63, 3.8) is 0 Å². The zero-order chi connectivity index (χ0) is 29.5. The summed E-state index contributed by atoms with van der Waals surface area (Å²) in [6.07, 6.45) is 0.593. The van der Waals surface area contributed by atoms with Crippen molar-refractivity contribution in [2.24, 2.45) is 16.2 Å². The molecule has 0 aliphatic carbocycles. The number of rotatable bonds is 13. The van der Waals surface area contributed by atoms with Gasteiger partial charge in [0.15, 0.2) is 11.5 Å². The van der Waals surface area contributed by atoms with E-state index >= 15 is 0 Å². The highest BCUT2D eigenvalue weighted by Gasteiger charge is 2.32. The molecule has 0 aromatic heterocycles. The third kappa shape index (κ3) is 9.74. The molecule has 2 atom stereocenters. The molecule has 9 heteroatoms. The lowest BCUT2D eigenvalue weighted by molar-refractivity contribution is -0.157. The molecule has 9 nitrogen and oxygen atoms in total. The molecule has 0 amide bonds. The van der Waals surface area contributed by atoms with Crippen molar-refractivity contribution >= 4 is 23.9 Å². The van der Waals surface area contributed by atoms with Gasteiger partial charge in [0.25, 0.3) is 0 Å². The highest BCUT2D eigenvalue weighted by molar-refractivity contribution is 5.81. The zero-order valence-electron chi connectivity index (χ0n) is 24.5. The number of carboxylic acid groups (broad SMARTS) is 1. The quantitative estimate of drug-likeness (QED) is 0.267. The number of carboxylic acids is 1.